The number of carbonyl (C=O) groups is 1. The largest absolute Gasteiger partial charge is 0.481 e. The number of sulfonamides is 1. The Balaban J connectivity index is 1.66. The summed E-state index contributed by atoms with van der Waals surface area (Å²) in [6, 6.07) is 15.4. The Morgan fingerprint density at radius 2 is 1.61 bits per heavy atom. The molecule has 0 aliphatic carbocycles. The zero-order valence-corrected chi connectivity index (χ0v) is 15.5. The van der Waals surface area contributed by atoms with Gasteiger partial charge in [0.1, 0.15) is 17.4 Å². The minimum Gasteiger partial charge on any atom is -0.481 e. The average molecular weight is 406 g/mol. The summed E-state index contributed by atoms with van der Waals surface area (Å²) >= 11 is 0. The van der Waals surface area contributed by atoms with E-state index in [4.69, 9.17) is 4.74 Å². The van der Waals surface area contributed by atoms with E-state index in [-0.39, 0.29) is 0 Å². The van der Waals surface area contributed by atoms with Gasteiger partial charge in [-0.1, -0.05) is 36.4 Å². The van der Waals surface area contributed by atoms with Gasteiger partial charge in [-0.05, 0) is 42.0 Å². The Bertz CT molecular complexity index is 1120. The highest BCUT2D eigenvalue weighted by Crippen LogP contribution is 2.21. The lowest BCUT2D eigenvalue weighted by atomic mass is 10.1. The van der Waals surface area contributed by atoms with Crippen LogP contribution in [0.5, 0.6) is 5.75 Å². The van der Waals surface area contributed by atoms with Crippen molar-refractivity contribution in [1.82, 2.24) is 10.3 Å². The Kier molecular flexibility index (Phi) is 5.57. The van der Waals surface area contributed by atoms with Crippen LogP contribution >= 0.6 is 0 Å². The first-order chi connectivity index (χ1) is 13.3. The Morgan fingerprint density at radius 3 is 2.29 bits per heavy atom. The molecule has 146 valence electrons. The first-order valence-electron chi connectivity index (χ1n) is 8.19. The molecule has 28 heavy (non-hydrogen) atoms. The van der Waals surface area contributed by atoms with Gasteiger partial charge in [0.05, 0.1) is 0 Å². The molecular formula is C19H16F2N2O4S. The van der Waals surface area contributed by atoms with Gasteiger partial charge in [-0.25, -0.2) is 17.2 Å². The number of hydrazine groups is 1. The molecule has 0 heterocycles. The number of nitrogens with one attached hydrogen (secondary N) is 2. The summed E-state index contributed by atoms with van der Waals surface area (Å²) < 4.78 is 56.9. The van der Waals surface area contributed by atoms with Crippen LogP contribution in [0.25, 0.3) is 10.8 Å². The topological polar surface area (TPSA) is 84.5 Å². The van der Waals surface area contributed by atoms with Crippen molar-refractivity contribution in [3.05, 3.63) is 72.3 Å². The molecule has 9 heteroatoms. The standard InChI is InChI=1S/C19H16F2N2O4S/c1-12(27-15-10-9-13-5-2-3-6-14(13)11-15)19(24)22-23-28(25,26)18-16(20)7-4-8-17(18)21/h2-12,23H,1H3,(H,22,24)/t12-/m0/s1. The highest BCUT2D eigenvalue weighted by molar-refractivity contribution is 7.89. The predicted molar refractivity (Wildman–Crippen MR) is 98.9 cm³/mol. The lowest BCUT2D eigenvalue weighted by molar-refractivity contribution is -0.127. The molecule has 0 spiro atoms. The van der Waals surface area contributed by atoms with Gasteiger partial charge in [0.15, 0.2) is 11.0 Å². The first kappa shape index (κ1) is 19.7. The predicted octanol–water partition coefficient (Wildman–Crippen LogP) is 2.90. The van der Waals surface area contributed by atoms with E-state index in [9.17, 15) is 22.0 Å². The van der Waals surface area contributed by atoms with Crippen molar-refractivity contribution >= 4 is 26.7 Å². The second kappa shape index (κ2) is 7.91. The molecule has 1 atom stereocenters. The molecular weight excluding hydrogens is 390 g/mol. The van der Waals surface area contributed by atoms with Crippen LogP contribution in [-0.4, -0.2) is 20.4 Å². The maximum atomic E-state index is 13.6. The lowest BCUT2D eigenvalue weighted by Gasteiger charge is -2.16. The Morgan fingerprint density at radius 1 is 0.964 bits per heavy atom. The van der Waals surface area contributed by atoms with E-state index in [1.54, 1.807) is 17.0 Å². The third-order valence-corrected chi connectivity index (χ3v) is 5.20. The fourth-order valence-corrected chi connectivity index (χ4v) is 3.49. The zero-order valence-electron chi connectivity index (χ0n) is 14.6. The summed E-state index contributed by atoms with van der Waals surface area (Å²) in [4.78, 5) is 12.6. The Hall–Kier alpha value is -3.04. The van der Waals surface area contributed by atoms with Crippen LogP contribution in [0.2, 0.25) is 0 Å². The molecule has 0 saturated heterocycles. The molecule has 0 radical (unpaired) electrons. The van der Waals surface area contributed by atoms with Crippen LogP contribution in [0.1, 0.15) is 6.92 Å². The van der Waals surface area contributed by atoms with E-state index in [2.05, 4.69) is 0 Å². The van der Waals surface area contributed by atoms with E-state index >= 15 is 0 Å². The minimum atomic E-state index is -4.64. The van der Waals surface area contributed by atoms with Gasteiger partial charge < -0.3 is 4.74 Å². The number of halogens is 2. The van der Waals surface area contributed by atoms with Crippen molar-refractivity contribution in [3.8, 4) is 5.75 Å². The lowest BCUT2D eigenvalue weighted by Crippen LogP contribution is -2.47. The third kappa shape index (κ3) is 4.26. The van der Waals surface area contributed by atoms with Crippen LogP contribution in [0.3, 0.4) is 0 Å². The van der Waals surface area contributed by atoms with Crippen molar-refractivity contribution in [3.63, 3.8) is 0 Å². The summed E-state index contributed by atoms with van der Waals surface area (Å²) in [5, 5.41) is 1.90. The van der Waals surface area contributed by atoms with Crippen molar-refractivity contribution in [2.45, 2.75) is 17.9 Å². The van der Waals surface area contributed by atoms with E-state index in [1.807, 2.05) is 35.8 Å². The monoisotopic (exact) mass is 406 g/mol. The first-order valence-corrected chi connectivity index (χ1v) is 9.67. The number of rotatable bonds is 6. The highest BCUT2D eigenvalue weighted by Gasteiger charge is 2.25. The third-order valence-electron chi connectivity index (χ3n) is 3.90. The second-order valence-electron chi connectivity index (χ2n) is 5.91. The number of ether oxygens (including phenoxy) is 1. The molecule has 0 fully saturated rings. The summed E-state index contributed by atoms with van der Waals surface area (Å²) in [5.41, 5.74) is 1.90. The van der Waals surface area contributed by atoms with E-state index in [0.29, 0.717) is 5.75 Å². The molecule has 3 aromatic rings. The maximum Gasteiger partial charge on any atom is 0.275 e. The van der Waals surface area contributed by atoms with Crippen molar-refractivity contribution in [2.75, 3.05) is 0 Å². The molecule has 0 saturated carbocycles. The Labute approximate surface area is 160 Å². The molecule has 0 aliphatic rings. The van der Waals surface area contributed by atoms with Gasteiger partial charge in [-0.3, -0.25) is 10.2 Å². The number of hydrogen-bond donors (Lipinski definition) is 2. The van der Waals surface area contributed by atoms with E-state index in [0.717, 1.165) is 29.0 Å². The smallest absolute Gasteiger partial charge is 0.275 e. The molecule has 0 aromatic heterocycles. The van der Waals surface area contributed by atoms with E-state index in [1.165, 1.54) is 6.92 Å². The molecule has 3 rings (SSSR count). The minimum absolute atomic E-state index is 0.407. The van der Waals surface area contributed by atoms with Gasteiger partial charge in [0, 0.05) is 0 Å². The van der Waals surface area contributed by atoms with Crippen molar-refractivity contribution < 1.29 is 26.7 Å². The van der Waals surface area contributed by atoms with Crippen LogP contribution < -0.4 is 15.0 Å². The SMILES string of the molecule is C[C@H](Oc1ccc2ccccc2c1)C(=O)NNS(=O)(=O)c1c(F)cccc1F. The maximum absolute atomic E-state index is 13.6. The van der Waals surface area contributed by atoms with Gasteiger partial charge in [0.2, 0.25) is 0 Å². The average Bonchev–Trinajstić information content (AvgIpc) is 2.65. The normalized spacial score (nSPS) is 12.5. The van der Waals surface area contributed by atoms with Crippen LogP contribution in [-0.2, 0) is 14.8 Å². The van der Waals surface area contributed by atoms with Crippen molar-refractivity contribution in [2.24, 2.45) is 0 Å². The quantitative estimate of drug-likeness (QED) is 0.617. The number of hydrogen-bond acceptors (Lipinski definition) is 4. The molecule has 0 unspecified atom stereocenters. The second-order valence-corrected chi connectivity index (χ2v) is 7.53. The van der Waals surface area contributed by atoms with Gasteiger partial charge in [-0.2, -0.15) is 0 Å². The van der Waals surface area contributed by atoms with Crippen LogP contribution in [0, 0.1) is 11.6 Å². The van der Waals surface area contributed by atoms with Gasteiger partial charge in [0.25, 0.3) is 15.9 Å². The summed E-state index contributed by atoms with van der Waals surface area (Å²) in [6.45, 7) is 1.41. The summed E-state index contributed by atoms with van der Waals surface area (Å²) in [5.74, 6) is -2.98. The fraction of sp³-hybridized carbons (Fsp3) is 0.105. The number of fused-ring (bicyclic) bond motifs is 1. The summed E-state index contributed by atoms with van der Waals surface area (Å²) in [6.07, 6.45) is -1.07. The molecule has 3 aromatic carbocycles. The molecule has 1 amide bonds. The van der Waals surface area contributed by atoms with Crippen molar-refractivity contribution in [1.29, 1.82) is 0 Å². The van der Waals surface area contributed by atoms with Crippen LogP contribution in [0.4, 0.5) is 8.78 Å². The molecule has 6 nitrogen and oxygen atoms in total. The zero-order chi connectivity index (χ0) is 20.3. The van der Waals surface area contributed by atoms with E-state index < -0.39 is 38.6 Å². The van der Waals surface area contributed by atoms with Gasteiger partial charge >= 0.3 is 0 Å². The highest BCUT2D eigenvalue weighted by atomic mass is 32.2. The van der Waals surface area contributed by atoms with Crippen LogP contribution in [0.15, 0.2) is 65.6 Å². The molecule has 0 bridgehead atoms. The number of benzene rings is 3. The fourth-order valence-electron chi connectivity index (χ4n) is 2.51. The molecule has 2 N–H and O–H groups in total. The summed E-state index contributed by atoms with van der Waals surface area (Å²) in [7, 11) is -4.64. The number of amides is 1. The number of carbonyl (C=O) groups excluding carboxylic acids is 1. The van der Waals surface area contributed by atoms with Gasteiger partial charge in [-0.15, -0.1) is 4.83 Å². The molecule has 0 aliphatic heterocycles.